The lowest BCUT2D eigenvalue weighted by atomic mass is 10.1. The van der Waals surface area contributed by atoms with Gasteiger partial charge in [0, 0.05) is 11.9 Å². The Morgan fingerprint density at radius 3 is 2.65 bits per heavy atom. The van der Waals surface area contributed by atoms with E-state index in [4.69, 9.17) is 15.2 Å². The van der Waals surface area contributed by atoms with Crippen molar-refractivity contribution in [1.29, 1.82) is 0 Å². The van der Waals surface area contributed by atoms with Crippen LogP contribution in [0.2, 0.25) is 0 Å². The van der Waals surface area contributed by atoms with Gasteiger partial charge in [-0.2, -0.15) is 0 Å². The van der Waals surface area contributed by atoms with E-state index in [0.29, 0.717) is 24.7 Å². The third-order valence-electron chi connectivity index (χ3n) is 2.44. The summed E-state index contributed by atoms with van der Waals surface area (Å²) in [5.74, 6) is 1.46. The fraction of sp³-hybridized carbons (Fsp3) is 0.182. The van der Waals surface area contributed by atoms with E-state index in [9.17, 15) is 0 Å². The highest BCUT2D eigenvalue weighted by Gasteiger charge is 2.16. The summed E-state index contributed by atoms with van der Waals surface area (Å²) >= 11 is 0. The van der Waals surface area contributed by atoms with Gasteiger partial charge < -0.3 is 15.2 Å². The number of rotatable bonds is 0. The van der Waals surface area contributed by atoms with Gasteiger partial charge in [0.2, 0.25) is 0 Å². The average Bonchev–Trinajstić information content (AvgIpc) is 2.29. The Labute approximate surface area is 111 Å². The third kappa shape index (κ3) is 2.18. The molecular formula is C11H12Cl2N2O2. The molecule has 6 heteroatoms. The molecule has 2 heterocycles. The molecule has 0 radical (unpaired) electrons. The van der Waals surface area contributed by atoms with Gasteiger partial charge in [0.1, 0.15) is 13.2 Å². The monoisotopic (exact) mass is 274 g/mol. The van der Waals surface area contributed by atoms with E-state index in [1.54, 1.807) is 12.3 Å². The number of halogens is 2. The predicted octanol–water partition coefficient (Wildman–Crippen LogP) is 2.43. The number of aromatic nitrogens is 1. The van der Waals surface area contributed by atoms with Crippen molar-refractivity contribution < 1.29 is 9.47 Å². The highest BCUT2D eigenvalue weighted by Crippen LogP contribution is 2.39. The molecule has 3 rings (SSSR count). The molecule has 1 aliphatic rings. The minimum Gasteiger partial charge on any atom is -0.486 e. The van der Waals surface area contributed by atoms with Crippen molar-refractivity contribution in [3.8, 4) is 11.5 Å². The molecule has 0 saturated heterocycles. The van der Waals surface area contributed by atoms with Crippen LogP contribution in [-0.2, 0) is 0 Å². The van der Waals surface area contributed by atoms with Crippen molar-refractivity contribution in [2.24, 2.45) is 0 Å². The minimum absolute atomic E-state index is 0. The Hall–Kier alpha value is -1.39. The summed E-state index contributed by atoms with van der Waals surface area (Å²) < 4.78 is 11.1. The summed E-state index contributed by atoms with van der Waals surface area (Å²) in [5, 5.41) is 0.842. The molecule has 0 aliphatic carbocycles. The van der Waals surface area contributed by atoms with Crippen molar-refractivity contribution in [2.75, 3.05) is 18.9 Å². The smallest absolute Gasteiger partial charge is 0.172 e. The van der Waals surface area contributed by atoms with Gasteiger partial charge in [0.25, 0.3) is 0 Å². The average molecular weight is 275 g/mol. The first kappa shape index (κ1) is 13.7. The molecule has 92 valence electrons. The van der Waals surface area contributed by atoms with Crippen molar-refractivity contribution in [2.45, 2.75) is 0 Å². The van der Waals surface area contributed by atoms with Gasteiger partial charge >= 0.3 is 0 Å². The molecule has 0 spiro atoms. The molecule has 0 fully saturated rings. The first-order valence-electron chi connectivity index (χ1n) is 4.79. The maximum Gasteiger partial charge on any atom is 0.172 e. The molecule has 0 unspecified atom stereocenters. The van der Waals surface area contributed by atoms with E-state index in [2.05, 4.69) is 4.98 Å². The van der Waals surface area contributed by atoms with Crippen LogP contribution in [0.15, 0.2) is 24.4 Å². The zero-order valence-corrected chi connectivity index (χ0v) is 10.5. The molecule has 0 atom stereocenters. The Balaban J connectivity index is 0.000000722. The minimum atomic E-state index is 0. The lowest BCUT2D eigenvalue weighted by Crippen LogP contribution is -2.15. The molecule has 0 saturated carbocycles. The molecule has 17 heavy (non-hydrogen) atoms. The van der Waals surface area contributed by atoms with E-state index in [-0.39, 0.29) is 24.8 Å². The van der Waals surface area contributed by atoms with Crippen molar-refractivity contribution >= 4 is 41.4 Å². The topological polar surface area (TPSA) is 57.4 Å². The number of fused-ring (bicyclic) bond motifs is 3. The zero-order valence-electron chi connectivity index (χ0n) is 8.88. The third-order valence-corrected chi connectivity index (χ3v) is 2.44. The maximum atomic E-state index is 5.90. The van der Waals surface area contributed by atoms with Crippen molar-refractivity contribution in [1.82, 2.24) is 4.98 Å². The van der Waals surface area contributed by atoms with Gasteiger partial charge in [-0.15, -0.1) is 24.8 Å². The fourth-order valence-corrected chi connectivity index (χ4v) is 1.77. The van der Waals surface area contributed by atoms with Crippen LogP contribution in [0, 0.1) is 0 Å². The highest BCUT2D eigenvalue weighted by atomic mass is 35.5. The number of nitrogens with zero attached hydrogens (tertiary/aromatic N) is 1. The second kappa shape index (κ2) is 5.29. The molecule has 1 aromatic heterocycles. The maximum absolute atomic E-state index is 5.90. The molecule has 0 bridgehead atoms. The lowest BCUT2D eigenvalue weighted by Gasteiger charge is -2.20. The second-order valence-electron chi connectivity index (χ2n) is 3.38. The van der Waals surface area contributed by atoms with Gasteiger partial charge in [-0.25, -0.2) is 0 Å². The summed E-state index contributed by atoms with van der Waals surface area (Å²) in [5.41, 5.74) is 7.41. The number of ether oxygens (including phenoxy) is 2. The number of nitrogen functional groups attached to an aromatic ring is 1. The van der Waals surface area contributed by atoms with Crippen LogP contribution < -0.4 is 15.2 Å². The molecule has 0 amide bonds. The number of hydrogen-bond donors (Lipinski definition) is 1. The number of pyridine rings is 1. The number of hydrogen-bond acceptors (Lipinski definition) is 4. The number of nitrogens with two attached hydrogens (primary N) is 1. The Kier molecular flexibility index (Phi) is 4.26. The van der Waals surface area contributed by atoms with Gasteiger partial charge in [-0.3, -0.25) is 4.98 Å². The standard InChI is InChI=1S/C11H10N2O2.2ClH/c12-7-3-4-13-8-1-2-9-11(10(7)8)15-6-5-14-9;;/h1-4H,5-6H2,(H2,12,13);2*1H. The Morgan fingerprint density at radius 1 is 1.06 bits per heavy atom. The summed E-state index contributed by atoms with van der Waals surface area (Å²) in [6, 6.07) is 5.52. The lowest BCUT2D eigenvalue weighted by molar-refractivity contribution is 0.174. The van der Waals surface area contributed by atoms with Crippen LogP contribution in [0.5, 0.6) is 11.5 Å². The van der Waals surface area contributed by atoms with Crippen LogP contribution >= 0.6 is 24.8 Å². The van der Waals surface area contributed by atoms with E-state index in [1.165, 1.54) is 0 Å². The van der Waals surface area contributed by atoms with Crippen LogP contribution in [0.1, 0.15) is 0 Å². The first-order chi connectivity index (χ1) is 7.36. The van der Waals surface area contributed by atoms with Gasteiger partial charge in [-0.1, -0.05) is 0 Å². The normalized spacial score (nSPS) is 12.5. The van der Waals surface area contributed by atoms with E-state index in [0.717, 1.165) is 16.7 Å². The summed E-state index contributed by atoms with van der Waals surface area (Å²) in [6.07, 6.45) is 1.69. The molecule has 2 aromatic rings. The predicted molar refractivity (Wildman–Crippen MR) is 71.6 cm³/mol. The van der Waals surface area contributed by atoms with Gasteiger partial charge in [-0.05, 0) is 18.2 Å². The van der Waals surface area contributed by atoms with Crippen LogP contribution in [-0.4, -0.2) is 18.2 Å². The SMILES string of the molecule is Cl.Cl.Nc1ccnc2ccc3c(c12)OCCO3. The van der Waals surface area contributed by atoms with Crippen LogP contribution in [0.3, 0.4) is 0 Å². The van der Waals surface area contributed by atoms with Crippen LogP contribution in [0.25, 0.3) is 10.9 Å². The number of anilines is 1. The fourth-order valence-electron chi connectivity index (χ4n) is 1.77. The number of benzene rings is 1. The quantitative estimate of drug-likeness (QED) is 0.802. The second-order valence-corrected chi connectivity index (χ2v) is 3.38. The van der Waals surface area contributed by atoms with Gasteiger partial charge in [0.15, 0.2) is 11.5 Å². The molecular weight excluding hydrogens is 263 g/mol. The highest BCUT2D eigenvalue weighted by molar-refractivity contribution is 5.97. The molecule has 1 aliphatic heterocycles. The summed E-state index contributed by atoms with van der Waals surface area (Å²) in [6.45, 7) is 1.14. The van der Waals surface area contributed by atoms with Gasteiger partial charge in [0.05, 0.1) is 10.9 Å². The molecule has 4 nitrogen and oxygen atoms in total. The van der Waals surface area contributed by atoms with E-state index >= 15 is 0 Å². The van der Waals surface area contributed by atoms with E-state index < -0.39 is 0 Å². The summed E-state index contributed by atoms with van der Waals surface area (Å²) in [4.78, 5) is 4.23. The first-order valence-corrected chi connectivity index (χ1v) is 4.79. The molecule has 2 N–H and O–H groups in total. The summed E-state index contributed by atoms with van der Waals surface area (Å²) in [7, 11) is 0. The van der Waals surface area contributed by atoms with Crippen molar-refractivity contribution in [3.63, 3.8) is 0 Å². The zero-order chi connectivity index (χ0) is 10.3. The Morgan fingerprint density at radius 2 is 1.82 bits per heavy atom. The van der Waals surface area contributed by atoms with Crippen molar-refractivity contribution in [3.05, 3.63) is 24.4 Å². The Bertz CT molecular complexity index is 534. The van der Waals surface area contributed by atoms with E-state index in [1.807, 2.05) is 12.1 Å². The molecule has 1 aromatic carbocycles. The largest absolute Gasteiger partial charge is 0.486 e. The van der Waals surface area contributed by atoms with Crippen LogP contribution in [0.4, 0.5) is 5.69 Å².